The van der Waals surface area contributed by atoms with E-state index in [1.807, 2.05) is 0 Å². The van der Waals surface area contributed by atoms with Gasteiger partial charge in [0.05, 0.1) is 4.90 Å². The highest BCUT2D eigenvalue weighted by Crippen LogP contribution is 2.15. The van der Waals surface area contributed by atoms with Crippen LogP contribution in [0.5, 0.6) is 0 Å². The van der Waals surface area contributed by atoms with Crippen LogP contribution in [0.4, 0.5) is 0 Å². The number of carbonyl (C=O) groups is 1. The maximum absolute atomic E-state index is 12.3. The smallest absolute Gasteiger partial charge is 0.251 e. The molecule has 0 aromatic heterocycles. The van der Waals surface area contributed by atoms with Crippen molar-refractivity contribution in [3.8, 4) is 0 Å². The van der Waals surface area contributed by atoms with Crippen LogP contribution in [0.15, 0.2) is 57.9 Å². The van der Waals surface area contributed by atoms with E-state index >= 15 is 0 Å². The lowest BCUT2D eigenvalue weighted by atomic mass is 10.1. The summed E-state index contributed by atoms with van der Waals surface area (Å²) < 4.78 is 32.8. The lowest BCUT2D eigenvalue weighted by Gasteiger charge is -2.08. The van der Waals surface area contributed by atoms with Crippen LogP contribution in [0.1, 0.15) is 22.3 Å². The maximum Gasteiger partial charge on any atom is 0.251 e. The molecule has 0 aliphatic carbocycles. The third kappa shape index (κ3) is 6.21. The van der Waals surface area contributed by atoms with Gasteiger partial charge in [-0.3, -0.25) is 4.79 Å². The molecular weight excluding hydrogens is 420 g/mol. The van der Waals surface area contributed by atoms with Crippen LogP contribution < -0.4 is 10.0 Å². The van der Waals surface area contributed by atoms with Crippen molar-refractivity contribution in [2.45, 2.75) is 17.9 Å². The second-order valence-corrected chi connectivity index (χ2v) is 8.26. The summed E-state index contributed by atoms with van der Waals surface area (Å²) in [5.41, 5.74) is 1.29. The van der Waals surface area contributed by atoms with Crippen molar-refractivity contribution in [2.75, 3.05) is 20.3 Å². The van der Waals surface area contributed by atoms with Crippen molar-refractivity contribution < 1.29 is 17.9 Å². The Morgan fingerprint density at radius 2 is 1.73 bits per heavy atom. The number of carbonyl (C=O) groups excluding carboxylic acids is 1. The second kappa shape index (κ2) is 9.82. The van der Waals surface area contributed by atoms with Crippen LogP contribution in [0.25, 0.3) is 0 Å². The Balaban J connectivity index is 1.90. The van der Waals surface area contributed by atoms with Gasteiger partial charge in [-0.15, -0.1) is 0 Å². The molecule has 0 heterocycles. The quantitative estimate of drug-likeness (QED) is 0.587. The Hall–Kier alpha value is -1.74. The predicted molar refractivity (Wildman–Crippen MR) is 103 cm³/mol. The number of hydrogen-bond acceptors (Lipinski definition) is 4. The fraction of sp³-hybridized carbons (Fsp3) is 0.278. The van der Waals surface area contributed by atoms with Gasteiger partial charge < -0.3 is 10.1 Å². The lowest BCUT2D eigenvalue weighted by Crippen LogP contribution is -2.25. The van der Waals surface area contributed by atoms with Crippen molar-refractivity contribution >= 4 is 31.9 Å². The minimum Gasteiger partial charge on any atom is -0.385 e. The van der Waals surface area contributed by atoms with Crippen molar-refractivity contribution in [1.82, 2.24) is 10.0 Å². The molecule has 0 saturated carbocycles. The first-order valence-corrected chi connectivity index (χ1v) is 10.3. The van der Waals surface area contributed by atoms with Gasteiger partial charge in [0.1, 0.15) is 0 Å². The molecule has 6 nitrogen and oxygen atoms in total. The third-order valence-corrected chi connectivity index (χ3v) is 5.56. The first-order valence-electron chi connectivity index (χ1n) is 8.04. The standard InChI is InChI=1S/C18H21BrN2O4S/c1-25-12-2-11-20-18(22)15-5-3-14(4-6-15)13-21-26(23,24)17-9-7-16(19)8-10-17/h3-10,21H,2,11-13H2,1H3,(H,20,22). The zero-order valence-electron chi connectivity index (χ0n) is 14.4. The van der Waals surface area contributed by atoms with Crippen LogP contribution in [-0.4, -0.2) is 34.6 Å². The van der Waals surface area contributed by atoms with Gasteiger partial charge in [-0.05, 0) is 48.4 Å². The summed E-state index contributed by atoms with van der Waals surface area (Å²) in [7, 11) is -1.96. The van der Waals surface area contributed by atoms with Gasteiger partial charge in [-0.1, -0.05) is 28.1 Å². The molecule has 0 radical (unpaired) electrons. The van der Waals surface area contributed by atoms with E-state index in [-0.39, 0.29) is 17.3 Å². The minimum atomic E-state index is -3.58. The van der Waals surface area contributed by atoms with Gasteiger partial charge in [0.2, 0.25) is 10.0 Å². The number of halogens is 1. The number of hydrogen-bond donors (Lipinski definition) is 2. The average Bonchev–Trinajstić information content (AvgIpc) is 2.64. The summed E-state index contributed by atoms with van der Waals surface area (Å²) in [6.07, 6.45) is 0.748. The predicted octanol–water partition coefficient (Wildman–Crippen LogP) is 2.69. The van der Waals surface area contributed by atoms with Crippen LogP contribution in [0.3, 0.4) is 0 Å². The fourth-order valence-electron chi connectivity index (χ4n) is 2.17. The van der Waals surface area contributed by atoms with Crippen molar-refractivity contribution in [1.29, 1.82) is 0 Å². The number of sulfonamides is 1. The Kier molecular flexibility index (Phi) is 7.77. The summed E-state index contributed by atoms with van der Waals surface area (Å²) >= 11 is 3.28. The van der Waals surface area contributed by atoms with Crippen LogP contribution in [0, 0.1) is 0 Å². The molecule has 0 atom stereocenters. The number of ether oxygens (including phenoxy) is 1. The van der Waals surface area contributed by atoms with Gasteiger partial charge in [0, 0.05) is 36.8 Å². The molecule has 1 amide bonds. The maximum atomic E-state index is 12.3. The van der Waals surface area contributed by atoms with Gasteiger partial charge in [0.15, 0.2) is 0 Å². The Bertz CT molecular complexity index is 821. The normalized spacial score (nSPS) is 11.3. The Labute approximate surface area is 162 Å². The van der Waals surface area contributed by atoms with E-state index in [1.165, 1.54) is 12.1 Å². The molecule has 0 aliphatic rings. The van der Waals surface area contributed by atoms with Crippen LogP contribution in [-0.2, 0) is 21.3 Å². The molecule has 26 heavy (non-hydrogen) atoms. The SMILES string of the molecule is COCCCNC(=O)c1ccc(CNS(=O)(=O)c2ccc(Br)cc2)cc1. The average molecular weight is 441 g/mol. The second-order valence-electron chi connectivity index (χ2n) is 5.58. The molecule has 0 saturated heterocycles. The number of amides is 1. The van der Waals surface area contributed by atoms with E-state index in [2.05, 4.69) is 26.0 Å². The summed E-state index contributed by atoms with van der Waals surface area (Å²) in [5, 5.41) is 2.80. The highest BCUT2D eigenvalue weighted by atomic mass is 79.9. The Morgan fingerprint density at radius 3 is 2.35 bits per heavy atom. The van der Waals surface area contributed by atoms with E-state index in [0.29, 0.717) is 18.7 Å². The topological polar surface area (TPSA) is 84.5 Å². The summed E-state index contributed by atoms with van der Waals surface area (Å²) in [6, 6.07) is 13.2. The number of methoxy groups -OCH3 is 1. The van der Waals surface area contributed by atoms with Crippen molar-refractivity contribution in [3.05, 3.63) is 64.1 Å². The molecular formula is C18H21BrN2O4S. The molecule has 2 aromatic rings. The van der Waals surface area contributed by atoms with Gasteiger partial charge in [-0.2, -0.15) is 0 Å². The molecule has 2 rings (SSSR count). The molecule has 8 heteroatoms. The van der Waals surface area contributed by atoms with E-state index in [1.54, 1.807) is 43.5 Å². The minimum absolute atomic E-state index is 0.147. The molecule has 2 aromatic carbocycles. The van der Waals surface area contributed by atoms with Crippen LogP contribution in [0.2, 0.25) is 0 Å². The number of rotatable bonds is 9. The monoisotopic (exact) mass is 440 g/mol. The lowest BCUT2D eigenvalue weighted by molar-refractivity contribution is 0.0948. The van der Waals surface area contributed by atoms with Gasteiger partial charge in [0.25, 0.3) is 5.91 Å². The van der Waals surface area contributed by atoms with Gasteiger partial charge in [-0.25, -0.2) is 13.1 Å². The highest BCUT2D eigenvalue weighted by Gasteiger charge is 2.13. The van der Waals surface area contributed by atoms with Crippen molar-refractivity contribution in [2.24, 2.45) is 0 Å². The van der Waals surface area contributed by atoms with E-state index in [4.69, 9.17) is 4.74 Å². The van der Waals surface area contributed by atoms with E-state index in [9.17, 15) is 13.2 Å². The molecule has 0 bridgehead atoms. The Morgan fingerprint density at radius 1 is 1.08 bits per heavy atom. The third-order valence-electron chi connectivity index (χ3n) is 3.62. The molecule has 0 unspecified atom stereocenters. The summed E-state index contributed by atoms with van der Waals surface area (Å²) in [6.45, 7) is 1.28. The summed E-state index contributed by atoms with van der Waals surface area (Å²) in [4.78, 5) is 12.2. The van der Waals surface area contributed by atoms with E-state index < -0.39 is 10.0 Å². The zero-order chi connectivity index (χ0) is 19.0. The largest absolute Gasteiger partial charge is 0.385 e. The number of nitrogens with one attached hydrogen (secondary N) is 2. The molecule has 2 N–H and O–H groups in total. The van der Waals surface area contributed by atoms with Gasteiger partial charge >= 0.3 is 0 Å². The molecule has 0 spiro atoms. The van der Waals surface area contributed by atoms with Crippen LogP contribution >= 0.6 is 15.9 Å². The highest BCUT2D eigenvalue weighted by molar-refractivity contribution is 9.10. The molecule has 0 aliphatic heterocycles. The molecule has 0 fully saturated rings. The summed E-state index contributed by atoms with van der Waals surface area (Å²) in [5.74, 6) is -0.164. The number of benzene rings is 2. The first-order chi connectivity index (χ1) is 12.4. The fourth-order valence-corrected chi connectivity index (χ4v) is 3.45. The van der Waals surface area contributed by atoms with Crippen molar-refractivity contribution in [3.63, 3.8) is 0 Å². The zero-order valence-corrected chi connectivity index (χ0v) is 16.8. The first kappa shape index (κ1) is 20.6. The molecule has 140 valence electrons. The van der Waals surface area contributed by atoms with E-state index in [0.717, 1.165) is 16.5 Å².